The molecule has 0 saturated carbocycles. The smallest absolute Gasteiger partial charge is 0.165 e. The number of thioether (sulfide) groups is 1. The monoisotopic (exact) mass is 719 g/mol. The molecule has 5 nitrogen and oxygen atoms in total. The number of hydrogen-bond acceptors (Lipinski definition) is 6. The van der Waals surface area contributed by atoms with Crippen LogP contribution in [0.1, 0.15) is 43.6 Å². The molecule has 0 amide bonds. The Kier molecular flexibility index (Phi) is 5.73. The number of rotatable bonds is 1. The van der Waals surface area contributed by atoms with Gasteiger partial charge < -0.3 is 4.90 Å². The fourth-order valence-corrected chi connectivity index (χ4v) is 12.9. The number of aromatic nitrogens is 4. The van der Waals surface area contributed by atoms with Crippen molar-refractivity contribution in [3.63, 3.8) is 0 Å². The molecule has 12 rings (SSSR count). The van der Waals surface area contributed by atoms with Crippen LogP contribution in [0.15, 0.2) is 138 Å². The van der Waals surface area contributed by atoms with E-state index in [4.69, 9.17) is 15.0 Å². The highest BCUT2D eigenvalue weighted by molar-refractivity contribution is 8.01. The SMILES string of the molecule is CC1C2=C3N(C)c4c1c1ccccc1n4-c1cccc4c1sc1c(cccc14)-c1nc(-c4ccccc4)nc(n1)C3(C)C=C1c3ccccc3SC12C. The molecule has 0 N–H and O–H groups in total. The molecule has 254 valence electrons. The minimum absolute atomic E-state index is 0.114. The van der Waals surface area contributed by atoms with Gasteiger partial charge >= 0.3 is 0 Å². The quantitative estimate of drug-likeness (QED) is 0.169. The predicted molar refractivity (Wildman–Crippen MR) is 220 cm³/mol. The molecule has 3 aliphatic heterocycles. The number of thiophene rings is 1. The molecule has 0 radical (unpaired) electrons. The standard InChI is InChI=1S/C46H33N5S2/c1-25-36-30-17-8-10-21-33(30)51-34-22-13-19-28-27-18-12-20-31(38(27)52-39(28)34)42-47-41(26-14-6-5-7-15-26)48-44(49-42)45(2)24-32-29-16-9-11-23-35(29)53-46(32,3)37(25)40(45)50(4)43(36)51/h5-25H,1-4H3. The van der Waals surface area contributed by atoms with Crippen LogP contribution in [0.25, 0.3) is 65.1 Å². The fraction of sp³-hybridized carbons (Fsp3) is 0.152. The van der Waals surface area contributed by atoms with Crippen LogP contribution in [0.4, 0.5) is 5.82 Å². The van der Waals surface area contributed by atoms with Crippen molar-refractivity contribution < 1.29 is 0 Å². The molecule has 8 aromatic rings. The van der Waals surface area contributed by atoms with E-state index in [1.165, 1.54) is 75.4 Å². The first kappa shape index (κ1) is 30.0. The third-order valence-electron chi connectivity index (χ3n) is 12.2. The van der Waals surface area contributed by atoms with Crippen molar-refractivity contribution in [2.75, 3.05) is 11.9 Å². The van der Waals surface area contributed by atoms with Crippen LogP contribution in [0.2, 0.25) is 0 Å². The average molecular weight is 720 g/mol. The molecule has 4 aliphatic rings. The highest BCUT2D eigenvalue weighted by Crippen LogP contribution is 2.67. The minimum Gasteiger partial charge on any atom is -0.333 e. The maximum atomic E-state index is 5.57. The Labute approximate surface area is 315 Å². The number of likely N-dealkylation sites (N-methyl/N-ethyl adjacent to an activating group) is 1. The zero-order chi connectivity index (χ0) is 35.4. The zero-order valence-electron chi connectivity index (χ0n) is 29.7. The molecule has 53 heavy (non-hydrogen) atoms. The molecule has 1 aliphatic carbocycles. The van der Waals surface area contributed by atoms with E-state index in [1.807, 2.05) is 29.2 Å². The lowest BCUT2D eigenvalue weighted by atomic mass is 9.64. The predicted octanol–water partition coefficient (Wildman–Crippen LogP) is 11.6. The van der Waals surface area contributed by atoms with Gasteiger partial charge in [0.05, 0.1) is 26.1 Å². The first-order valence-electron chi connectivity index (χ1n) is 18.3. The zero-order valence-corrected chi connectivity index (χ0v) is 31.3. The van der Waals surface area contributed by atoms with Gasteiger partial charge in [-0.3, -0.25) is 4.57 Å². The summed E-state index contributed by atoms with van der Waals surface area (Å²) < 4.78 is 4.71. The molecule has 0 fully saturated rings. The summed E-state index contributed by atoms with van der Waals surface area (Å²) in [6.07, 6.45) is 2.50. The molecule has 6 heterocycles. The van der Waals surface area contributed by atoms with Gasteiger partial charge in [0.25, 0.3) is 0 Å². The first-order chi connectivity index (χ1) is 25.8. The van der Waals surface area contributed by atoms with Crippen molar-refractivity contribution in [2.45, 2.75) is 41.7 Å². The van der Waals surface area contributed by atoms with Gasteiger partial charge in [0, 0.05) is 61.1 Å². The van der Waals surface area contributed by atoms with Crippen LogP contribution in [-0.4, -0.2) is 31.3 Å². The second-order valence-corrected chi connectivity index (χ2v) is 17.6. The number of allylic oxidation sites excluding steroid dienone is 1. The Balaban J connectivity index is 1.31. The lowest BCUT2D eigenvalue weighted by Gasteiger charge is -2.50. The van der Waals surface area contributed by atoms with Crippen LogP contribution in [0, 0.1) is 0 Å². The maximum Gasteiger partial charge on any atom is 0.165 e. The van der Waals surface area contributed by atoms with Crippen molar-refractivity contribution in [3.05, 3.63) is 150 Å². The molecular weight excluding hydrogens is 687 g/mol. The molecule has 3 atom stereocenters. The van der Waals surface area contributed by atoms with Crippen LogP contribution < -0.4 is 4.90 Å². The van der Waals surface area contributed by atoms with Crippen molar-refractivity contribution in [3.8, 4) is 28.5 Å². The van der Waals surface area contributed by atoms with Gasteiger partial charge in [0.15, 0.2) is 11.6 Å². The van der Waals surface area contributed by atoms with E-state index in [9.17, 15) is 0 Å². The van der Waals surface area contributed by atoms with Crippen molar-refractivity contribution in [1.29, 1.82) is 0 Å². The highest BCUT2D eigenvalue weighted by atomic mass is 32.2. The van der Waals surface area contributed by atoms with E-state index in [1.54, 1.807) is 0 Å². The summed E-state index contributed by atoms with van der Waals surface area (Å²) >= 11 is 3.84. The molecule has 0 spiro atoms. The van der Waals surface area contributed by atoms with Gasteiger partial charge in [-0.05, 0) is 54.8 Å². The van der Waals surface area contributed by atoms with Gasteiger partial charge in [-0.2, -0.15) is 0 Å². The van der Waals surface area contributed by atoms with Crippen molar-refractivity contribution in [1.82, 2.24) is 19.5 Å². The van der Waals surface area contributed by atoms with Crippen molar-refractivity contribution >= 4 is 65.6 Å². The van der Waals surface area contributed by atoms with Crippen LogP contribution in [-0.2, 0) is 5.41 Å². The van der Waals surface area contributed by atoms with E-state index >= 15 is 0 Å². The normalized spacial score (nSPS) is 22.2. The third-order valence-corrected chi connectivity index (χ3v) is 14.9. The Morgan fingerprint density at radius 1 is 0.679 bits per heavy atom. The Morgan fingerprint density at radius 2 is 1.38 bits per heavy atom. The summed E-state index contributed by atoms with van der Waals surface area (Å²) in [7, 11) is 2.28. The molecular formula is C46H33N5S2. The van der Waals surface area contributed by atoms with E-state index in [0.717, 1.165) is 17.0 Å². The molecule has 3 aromatic heterocycles. The number of fused-ring (bicyclic) bond motifs is 13. The number of hydrogen-bond donors (Lipinski definition) is 0. The van der Waals surface area contributed by atoms with Gasteiger partial charge in [-0.25, -0.2) is 15.0 Å². The summed E-state index contributed by atoms with van der Waals surface area (Å²) in [4.78, 5) is 20.1. The second-order valence-electron chi connectivity index (χ2n) is 15.1. The van der Waals surface area contributed by atoms with E-state index in [2.05, 4.69) is 153 Å². The first-order valence-corrected chi connectivity index (χ1v) is 19.9. The second kappa shape index (κ2) is 10.1. The number of anilines is 1. The van der Waals surface area contributed by atoms with Crippen molar-refractivity contribution in [2.24, 2.45) is 0 Å². The number of nitrogens with zero attached hydrogens (tertiary/aromatic N) is 5. The highest BCUT2D eigenvalue weighted by Gasteiger charge is 2.56. The number of para-hydroxylation sites is 1. The van der Waals surface area contributed by atoms with E-state index < -0.39 is 5.41 Å². The van der Waals surface area contributed by atoms with Crippen LogP contribution >= 0.6 is 23.1 Å². The van der Waals surface area contributed by atoms with Gasteiger partial charge in [-0.15, -0.1) is 23.1 Å². The molecule has 0 saturated heterocycles. The lowest BCUT2D eigenvalue weighted by Crippen LogP contribution is -2.47. The van der Waals surface area contributed by atoms with Gasteiger partial charge in [0.1, 0.15) is 11.6 Å². The summed E-state index contributed by atoms with van der Waals surface area (Å²) in [5, 5.41) is 3.77. The van der Waals surface area contributed by atoms with Crippen LogP contribution in [0.3, 0.4) is 0 Å². The van der Waals surface area contributed by atoms with Crippen LogP contribution in [0.5, 0.6) is 0 Å². The maximum absolute atomic E-state index is 5.57. The Hall–Kier alpha value is -5.50. The fourth-order valence-electron chi connectivity index (χ4n) is 10.0. The molecule has 6 bridgehead atoms. The van der Waals surface area contributed by atoms with E-state index in [0.29, 0.717) is 11.6 Å². The summed E-state index contributed by atoms with van der Waals surface area (Å²) in [5.41, 5.74) is 10.4. The Bertz CT molecular complexity index is 3010. The number of benzene rings is 5. The summed E-state index contributed by atoms with van der Waals surface area (Å²) in [6.45, 7) is 7.23. The lowest BCUT2D eigenvalue weighted by molar-refractivity contribution is 0.564. The third kappa shape index (κ3) is 3.67. The summed E-state index contributed by atoms with van der Waals surface area (Å²) in [5.74, 6) is 3.49. The molecule has 7 heteroatoms. The summed E-state index contributed by atoms with van der Waals surface area (Å²) in [6, 6.07) is 41.7. The minimum atomic E-state index is -0.695. The largest absolute Gasteiger partial charge is 0.333 e. The topological polar surface area (TPSA) is 46.8 Å². The average Bonchev–Trinajstić information content (AvgIpc) is 3.84. The van der Waals surface area contributed by atoms with E-state index in [-0.39, 0.29) is 10.7 Å². The molecule has 3 unspecified atom stereocenters. The molecule has 5 aromatic carbocycles. The Morgan fingerprint density at radius 3 is 2.25 bits per heavy atom. The van der Waals surface area contributed by atoms with Gasteiger partial charge in [0.2, 0.25) is 0 Å². The van der Waals surface area contributed by atoms with Gasteiger partial charge in [-0.1, -0.05) is 104 Å².